The van der Waals surface area contributed by atoms with Crippen LogP contribution in [0, 0.1) is 11.3 Å². The monoisotopic (exact) mass is 284 g/mol. The van der Waals surface area contributed by atoms with E-state index in [9.17, 15) is 4.79 Å². The number of nitrogens with one attached hydrogen (secondary N) is 1. The minimum atomic E-state index is -0.602. The first kappa shape index (κ1) is 15.1. The second-order valence-corrected chi connectivity index (χ2v) is 5.33. The van der Waals surface area contributed by atoms with Crippen molar-refractivity contribution in [1.29, 1.82) is 5.26 Å². The van der Waals surface area contributed by atoms with Gasteiger partial charge in [-0.2, -0.15) is 5.26 Å². The number of para-hydroxylation sites is 1. The molecule has 0 saturated carbocycles. The third kappa shape index (κ3) is 3.23. The van der Waals surface area contributed by atoms with E-state index in [0.29, 0.717) is 12.8 Å². The largest absolute Gasteiger partial charge is 0.361 e. The average Bonchev–Trinajstić information content (AvgIpc) is 2.89. The van der Waals surface area contributed by atoms with Crippen molar-refractivity contribution < 1.29 is 4.79 Å². The molecule has 5 heteroatoms. The highest BCUT2D eigenvalue weighted by molar-refractivity contribution is 5.86. The minimum Gasteiger partial charge on any atom is -0.361 e. The molecule has 5 nitrogen and oxygen atoms in total. The summed E-state index contributed by atoms with van der Waals surface area (Å²) >= 11 is 0. The van der Waals surface area contributed by atoms with Gasteiger partial charge in [-0.3, -0.25) is 4.79 Å². The normalized spacial score (nSPS) is 13.6. The Morgan fingerprint density at radius 3 is 2.90 bits per heavy atom. The van der Waals surface area contributed by atoms with Crippen molar-refractivity contribution in [3.63, 3.8) is 0 Å². The molecule has 0 bridgehead atoms. The van der Waals surface area contributed by atoms with Gasteiger partial charge >= 0.3 is 0 Å². The van der Waals surface area contributed by atoms with Crippen molar-refractivity contribution >= 4 is 16.8 Å². The zero-order valence-corrected chi connectivity index (χ0v) is 12.3. The molecule has 1 amide bonds. The van der Waals surface area contributed by atoms with Gasteiger partial charge in [0.1, 0.15) is 0 Å². The fraction of sp³-hybridized carbons (Fsp3) is 0.375. The number of hydrogen-bond acceptors (Lipinski definition) is 3. The van der Waals surface area contributed by atoms with Crippen molar-refractivity contribution in [2.24, 2.45) is 5.73 Å². The Balaban J connectivity index is 2.09. The van der Waals surface area contributed by atoms with Crippen LogP contribution in [0.2, 0.25) is 0 Å². The summed E-state index contributed by atoms with van der Waals surface area (Å²) in [4.78, 5) is 17.0. The molecule has 2 rings (SSSR count). The summed E-state index contributed by atoms with van der Waals surface area (Å²) < 4.78 is 0. The number of aromatic amines is 1. The van der Waals surface area contributed by atoms with Gasteiger partial charge in [0.15, 0.2) is 0 Å². The predicted molar refractivity (Wildman–Crippen MR) is 82.4 cm³/mol. The Morgan fingerprint density at radius 1 is 1.48 bits per heavy atom. The maximum absolute atomic E-state index is 12.3. The number of fused-ring (bicyclic) bond motifs is 1. The van der Waals surface area contributed by atoms with Crippen LogP contribution in [0.5, 0.6) is 0 Å². The number of nitrogens with two attached hydrogens (primary N) is 1. The number of rotatable bonds is 5. The van der Waals surface area contributed by atoms with Crippen molar-refractivity contribution in [3.05, 3.63) is 36.0 Å². The molecule has 0 aliphatic heterocycles. The summed E-state index contributed by atoms with van der Waals surface area (Å²) in [5, 5.41) is 9.80. The lowest BCUT2D eigenvalue weighted by Crippen LogP contribution is -2.46. The van der Waals surface area contributed by atoms with Gasteiger partial charge in [0, 0.05) is 30.2 Å². The van der Waals surface area contributed by atoms with Gasteiger partial charge in [-0.05, 0) is 25.0 Å². The maximum Gasteiger partial charge on any atom is 0.239 e. The Hall–Kier alpha value is -2.32. The predicted octanol–water partition coefficient (Wildman–Crippen LogP) is 1.80. The van der Waals surface area contributed by atoms with E-state index in [1.54, 1.807) is 11.9 Å². The molecule has 21 heavy (non-hydrogen) atoms. The number of hydrogen-bond donors (Lipinski definition) is 2. The molecule has 0 fully saturated rings. The zero-order chi connectivity index (χ0) is 15.4. The van der Waals surface area contributed by atoms with Crippen molar-refractivity contribution in [2.75, 3.05) is 7.05 Å². The summed E-state index contributed by atoms with van der Waals surface area (Å²) in [5.41, 5.74) is 8.12. The van der Waals surface area contributed by atoms with Gasteiger partial charge in [0.05, 0.1) is 18.5 Å². The SMILES string of the molecule is CC(CC#N)N(C)C(=O)C(N)Cc1c[nH]c2ccccc12. The first-order valence-electron chi connectivity index (χ1n) is 6.98. The minimum absolute atomic E-state index is 0.128. The van der Waals surface area contributed by atoms with Crippen molar-refractivity contribution in [1.82, 2.24) is 9.88 Å². The molecule has 2 aromatic rings. The second-order valence-electron chi connectivity index (χ2n) is 5.33. The summed E-state index contributed by atoms with van der Waals surface area (Å²) in [6.07, 6.45) is 2.69. The van der Waals surface area contributed by atoms with Crippen LogP contribution >= 0.6 is 0 Å². The second kappa shape index (κ2) is 6.42. The third-order valence-electron chi connectivity index (χ3n) is 3.83. The van der Waals surface area contributed by atoms with E-state index in [-0.39, 0.29) is 11.9 Å². The molecule has 1 aromatic heterocycles. The lowest BCUT2D eigenvalue weighted by molar-refractivity contribution is -0.132. The quantitative estimate of drug-likeness (QED) is 0.877. The van der Waals surface area contributed by atoms with Crippen LogP contribution in [-0.4, -0.2) is 34.9 Å². The number of aromatic nitrogens is 1. The Kier molecular flexibility index (Phi) is 4.61. The van der Waals surface area contributed by atoms with Crippen LogP contribution < -0.4 is 5.73 Å². The summed E-state index contributed by atoms with van der Waals surface area (Å²) in [6, 6.07) is 9.28. The molecule has 2 unspecified atom stereocenters. The van der Waals surface area contributed by atoms with E-state index < -0.39 is 6.04 Å². The van der Waals surface area contributed by atoms with Gasteiger partial charge in [-0.25, -0.2) is 0 Å². The highest BCUT2D eigenvalue weighted by Gasteiger charge is 2.22. The zero-order valence-electron chi connectivity index (χ0n) is 12.3. The first-order chi connectivity index (χ1) is 10.0. The van der Waals surface area contributed by atoms with E-state index in [4.69, 9.17) is 11.0 Å². The van der Waals surface area contributed by atoms with Crippen LogP contribution in [0.15, 0.2) is 30.5 Å². The highest BCUT2D eigenvalue weighted by atomic mass is 16.2. The topological polar surface area (TPSA) is 85.9 Å². The van der Waals surface area contributed by atoms with Crippen LogP contribution in [0.25, 0.3) is 10.9 Å². The number of nitrogens with zero attached hydrogens (tertiary/aromatic N) is 2. The van der Waals surface area contributed by atoms with Crippen LogP contribution in [0.3, 0.4) is 0 Å². The third-order valence-corrected chi connectivity index (χ3v) is 3.83. The van der Waals surface area contributed by atoms with Crippen LogP contribution in [0.1, 0.15) is 18.9 Å². The highest BCUT2D eigenvalue weighted by Crippen LogP contribution is 2.19. The molecule has 1 aromatic carbocycles. The number of amides is 1. The van der Waals surface area contributed by atoms with E-state index in [1.165, 1.54) is 0 Å². The van der Waals surface area contributed by atoms with Crippen molar-refractivity contribution in [2.45, 2.75) is 31.8 Å². The molecular formula is C16H20N4O. The number of nitriles is 1. The van der Waals surface area contributed by atoms with Crippen LogP contribution in [-0.2, 0) is 11.2 Å². The Morgan fingerprint density at radius 2 is 2.19 bits per heavy atom. The van der Waals surface area contributed by atoms with E-state index in [0.717, 1.165) is 16.5 Å². The smallest absolute Gasteiger partial charge is 0.239 e. The molecular weight excluding hydrogens is 264 g/mol. The lowest BCUT2D eigenvalue weighted by Gasteiger charge is -2.26. The maximum atomic E-state index is 12.3. The van der Waals surface area contributed by atoms with Crippen LogP contribution in [0.4, 0.5) is 0 Å². The number of H-pyrrole nitrogens is 1. The van der Waals surface area contributed by atoms with Gasteiger partial charge < -0.3 is 15.6 Å². The molecule has 3 N–H and O–H groups in total. The molecule has 0 aliphatic carbocycles. The van der Waals surface area contributed by atoms with Gasteiger partial charge in [-0.1, -0.05) is 18.2 Å². The van der Waals surface area contributed by atoms with Gasteiger partial charge in [0.2, 0.25) is 5.91 Å². The molecule has 0 aliphatic rings. The van der Waals surface area contributed by atoms with Gasteiger partial charge in [0.25, 0.3) is 0 Å². The van der Waals surface area contributed by atoms with E-state index in [2.05, 4.69) is 11.1 Å². The summed E-state index contributed by atoms with van der Waals surface area (Å²) in [6.45, 7) is 1.85. The molecule has 0 radical (unpaired) electrons. The van der Waals surface area contributed by atoms with E-state index in [1.807, 2.05) is 37.4 Å². The standard InChI is InChI=1S/C16H20N4O/c1-11(7-8-17)20(2)16(21)14(18)9-12-10-19-15-6-4-3-5-13(12)15/h3-6,10-11,14,19H,7,9,18H2,1-2H3. The number of carbonyl (C=O) groups excluding carboxylic acids is 1. The summed E-state index contributed by atoms with van der Waals surface area (Å²) in [5.74, 6) is -0.136. The number of likely N-dealkylation sites (N-methyl/N-ethyl adjacent to an activating group) is 1. The molecule has 1 heterocycles. The van der Waals surface area contributed by atoms with Gasteiger partial charge in [-0.15, -0.1) is 0 Å². The summed E-state index contributed by atoms with van der Waals surface area (Å²) in [7, 11) is 1.69. The number of carbonyl (C=O) groups is 1. The molecule has 110 valence electrons. The fourth-order valence-corrected chi connectivity index (χ4v) is 2.37. The first-order valence-corrected chi connectivity index (χ1v) is 6.98. The van der Waals surface area contributed by atoms with E-state index >= 15 is 0 Å². The fourth-order valence-electron chi connectivity index (χ4n) is 2.37. The lowest BCUT2D eigenvalue weighted by atomic mass is 10.0. The number of benzene rings is 1. The Bertz CT molecular complexity index is 670. The van der Waals surface area contributed by atoms with Crippen molar-refractivity contribution in [3.8, 4) is 6.07 Å². The average molecular weight is 284 g/mol. The molecule has 0 spiro atoms. The Labute approximate surface area is 124 Å². The molecule has 0 saturated heterocycles. The molecule has 2 atom stereocenters.